The maximum atomic E-state index is 12.5. The van der Waals surface area contributed by atoms with Gasteiger partial charge in [-0.3, -0.25) is 4.79 Å². The van der Waals surface area contributed by atoms with Crippen molar-refractivity contribution in [1.29, 1.82) is 0 Å². The first-order valence-electron chi connectivity index (χ1n) is 8.23. The number of oxazole rings is 1. The average molecular weight is 312 g/mol. The van der Waals surface area contributed by atoms with Crippen LogP contribution in [0.15, 0.2) is 35.1 Å². The minimum absolute atomic E-state index is 0.0377. The summed E-state index contributed by atoms with van der Waals surface area (Å²) in [6, 6.07) is 8.07. The number of nitrogens with zero attached hydrogens (tertiary/aromatic N) is 2. The molecule has 0 spiro atoms. The Hall–Kier alpha value is -2.30. The van der Waals surface area contributed by atoms with Crippen LogP contribution in [0.4, 0.5) is 0 Å². The smallest absolute Gasteiger partial charge is 0.276 e. The van der Waals surface area contributed by atoms with Crippen LogP contribution in [0.25, 0.3) is 0 Å². The number of hydrogen-bond donors (Lipinski definition) is 0. The Kier molecular flexibility index (Phi) is 3.56. The van der Waals surface area contributed by atoms with E-state index in [9.17, 15) is 4.79 Å². The lowest BCUT2D eigenvalue weighted by Gasteiger charge is -2.38. The molecule has 0 unspecified atom stereocenters. The van der Waals surface area contributed by atoms with Crippen LogP contribution in [0.3, 0.4) is 0 Å². The molecule has 5 nitrogen and oxygen atoms in total. The van der Waals surface area contributed by atoms with Crippen molar-refractivity contribution in [3.63, 3.8) is 0 Å². The van der Waals surface area contributed by atoms with E-state index in [1.54, 1.807) is 4.90 Å². The minimum atomic E-state index is -0.0377. The van der Waals surface area contributed by atoms with Crippen molar-refractivity contribution in [1.82, 2.24) is 9.88 Å². The van der Waals surface area contributed by atoms with Crippen molar-refractivity contribution < 1.29 is 13.9 Å². The molecule has 2 aromatic rings. The van der Waals surface area contributed by atoms with Crippen molar-refractivity contribution in [2.45, 2.75) is 38.2 Å². The number of ether oxygens (including phenoxy) is 1. The van der Waals surface area contributed by atoms with Crippen molar-refractivity contribution in [3.05, 3.63) is 47.7 Å². The van der Waals surface area contributed by atoms with Crippen LogP contribution in [0.2, 0.25) is 0 Å². The first-order valence-corrected chi connectivity index (χ1v) is 8.23. The molecular formula is C18H20N2O3. The van der Waals surface area contributed by atoms with Crippen LogP contribution in [0.5, 0.6) is 5.75 Å². The fourth-order valence-electron chi connectivity index (χ4n) is 2.97. The Bertz CT molecular complexity index is 715. The Balaban J connectivity index is 1.37. The summed E-state index contributed by atoms with van der Waals surface area (Å²) in [4.78, 5) is 18.4. The van der Waals surface area contributed by atoms with Gasteiger partial charge < -0.3 is 14.1 Å². The largest absolute Gasteiger partial charge is 0.486 e. The summed E-state index contributed by atoms with van der Waals surface area (Å²) in [5.74, 6) is 2.04. The number of aryl methyl sites for hydroxylation is 1. The van der Waals surface area contributed by atoms with E-state index in [1.807, 2.05) is 18.2 Å². The molecule has 1 amide bonds. The van der Waals surface area contributed by atoms with E-state index < -0.39 is 0 Å². The maximum Gasteiger partial charge on any atom is 0.276 e. The molecular weight excluding hydrogens is 292 g/mol. The van der Waals surface area contributed by atoms with Crippen molar-refractivity contribution in [2.75, 3.05) is 13.1 Å². The number of amides is 1. The highest BCUT2D eigenvalue weighted by atomic mass is 16.5. The standard InChI is InChI=1S/C18H20N2O3/c1-2-12-5-3-4-6-15(12)23-14-9-20(10-14)18(21)16-17(13-7-8-13)22-11-19-16/h3-6,11,13-14H,2,7-10H2,1H3. The number of carbonyl (C=O) groups excluding carboxylic acids is 1. The third-order valence-electron chi connectivity index (χ3n) is 4.53. The number of aromatic nitrogens is 1. The summed E-state index contributed by atoms with van der Waals surface area (Å²) in [6.45, 7) is 3.32. The Labute approximate surface area is 135 Å². The summed E-state index contributed by atoms with van der Waals surface area (Å²) in [5.41, 5.74) is 1.68. The van der Waals surface area contributed by atoms with E-state index in [2.05, 4.69) is 18.0 Å². The number of carbonyl (C=O) groups is 1. The third-order valence-corrected chi connectivity index (χ3v) is 4.53. The lowest BCUT2D eigenvalue weighted by molar-refractivity contribution is 0.0169. The predicted molar refractivity (Wildman–Crippen MR) is 84.6 cm³/mol. The highest BCUT2D eigenvalue weighted by Crippen LogP contribution is 2.41. The molecule has 120 valence electrons. The van der Waals surface area contributed by atoms with Gasteiger partial charge in [-0.2, -0.15) is 0 Å². The Morgan fingerprint density at radius 3 is 2.87 bits per heavy atom. The summed E-state index contributed by atoms with van der Waals surface area (Å²) in [6.07, 6.45) is 4.56. The molecule has 4 rings (SSSR count). The molecule has 0 N–H and O–H groups in total. The Morgan fingerprint density at radius 1 is 1.35 bits per heavy atom. The Morgan fingerprint density at radius 2 is 2.13 bits per heavy atom. The summed E-state index contributed by atoms with van der Waals surface area (Å²) >= 11 is 0. The highest BCUT2D eigenvalue weighted by Gasteiger charge is 2.38. The number of para-hydroxylation sites is 1. The van der Waals surface area contributed by atoms with Gasteiger partial charge in [-0.05, 0) is 30.9 Å². The average Bonchev–Trinajstić information content (AvgIpc) is 3.27. The number of rotatable bonds is 5. The van der Waals surface area contributed by atoms with Gasteiger partial charge in [0.2, 0.25) is 0 Å². The van der Waals surface area contributed by atoms with E-state index in [4.69, 9.17) is 9.15 Å². The van der Waals surface area contributed by atoms with Crippen molar-refractivity contribution >= 4 is 5.91 Å². The molecule has 1 saturated heterocycles. The van der Waals surface area contributed by atoms with Crippen molar-refractivity contribution in [2.24, 2.45) is 0 Å². The normalized spacial score (nSPS) is 17.9. The number of hydrogen-bond acceptors (Lipinski definition) is 4. The summed E-state index contributed by atoms with van der Waals surface area (Å²) < 4.78 is 11.4. The zero-order valence-corrected chi connectivity index (χ0v) is 13.2. The molecule has 0 atom stereocenters. The highest BCUT2D eigenvalue weighted by molar-refractivity contribution is 5.94. The lowest BCUT2D eigenvalue weighted by Crippen LogP contribution is -2.56. The fourth-order valence-corrected chi connectivity index (χ4v) is 2.97. The maximum absolute atomic E-state index is 12.5. The van der Waals surface area contributed by atoms with Gasteiger partial charge in [0, 0.05) is 5.92 Å². The second kappa shape index (κ2) is 5.72. The molecule has 1 aromatic carbocycles. The third kappa shape index (κ3) is 2.71. The lowest BCUT2D eigenvalue weighted by atomic mass is 10.1. The molecule has 0 bridgehead atoms. The van der Waals surface area contributed by atoms with E-state index in [1.165, 1.54) is 12.0 Å². The quantitative estimate of drug-likeness (QED) is 0.851. The van der Waals surface area contributed by atoms with Crippen LogP contribution in [-0.2, 0) is 6.42 Å². The first kappa shape index (κ1) is 14.3. The molecule has 5 heteroatoms. The molecule has 23 heavy (non-hydrogen) atoms. The second-order valence-electron chi connectivity index (χ2n) is 6.25. The van der Waals surface area contributed by atoms with Gasteiger partial charge in [0.05, 0.1) is 13.1 Å². The SMILES string of the molecule is CCc1ccccc1OC1CN(C(=O)c2ncoc2C2CC2)C1. The molecule has 2 aliphatic rings. The molecule has 1 aliphatic carbocycles. The van der Waals surface area contributed by atoms with Gasteiger partial charge in [0.15, 0.2) is 12.1 Å². The topological polar surface area (TPSA) is 55.6 Å². The number of benzene rings is 1. The minimum Gasteiger partial charge on any atom is -0.486 e. The monoisotopic (exact) mass is 312 g/mol. The van der Waals surface area contributed by atoms with Crippen LogP contribution in [-0.4, -0.2) is 35.0 Å². The zero-order chi connectivity index (χ0) is 15.8. The second-order valence-corrected chi connectivity index (χ2v) is 6.25. The number of likely N-dealkylation sites (tertiary alicyclic amines) is 1. The molecule has 2 fully saturated rings. The van der Waals surface area contributed by atoms with Gasteiger partial charge >= 0.3 is 0 Å². The zero-order valence-electron chi connectivity index (χ0n) is 13.2. The van der Waals surface area contributed by atoms with E-state index in [0.29, 0.717) is 24.7 Å². The van der Waals surface area contributed by atoms with E-state index in [-0.39, 0.29) is 12.0 Å². The van der Waals surface area contributed by atoms with Crippen LogP contribution >= 0.6 is 0 Å². The fraction of sp³-hybridized carbons (Fsp3) is 0.444. The van der Waals surface area contributed by atoms with Crippen LogP contribution in [0.1, 0.15) is 47.5 Å². The predicted octanol–water partition coefficient (Wildman–Crippen LogP) is 3.02. The summed E-state index contributed by atoms with van der Waals surface area (Å²) in [5, 5.41) is 0. The van der Waals surface area contributed by atoms with Crippen LogP contribution < -0.4 is 4.74 Å². The van der Waals surface area contributed by atoms with Crippen LogP contribution in [0, 0.1) is 0 Å². The van der Waals surface area contributed by atoms with Gasteiger partial charge in [0.1, 0.15) is 17.6 Å². The van der Waals surface area contributed by atoms with Gasteiger partial charge in [0.25, 0.3) is 5.91 Å². The molecule has 1 aliphatic heterocycles. The molecule has 1 saturated carbocycles. The molecule has 0 radical (unpaired) electrons. The summed E-state index contributed by atoms with van der Waals surface area (Å²) in [7, 11) is 0. The van der Waals surface area contributed by atoms with Gasteiger partial charge in [-0.15, -0.1) is 0 Å². The van der Waals surface area contributed by atoms with Crippen molar-refractivity contribution in [3.8, 4) is 5.75 Å². The van der Waals surface area contributed by atoms with E-state index >= 15 is 0 Å². The van der Waals surface area contributed by atoms with Gasteiger partial charge in [-0.25, -0.2) is 4.98 Å². The van der Waals surface area contributed by atoms with E-state index in [0.717, 1.165) is 30.8 Å². The molecule has 1 aromatic heterocycles. The van der Waals surface area contributed by atoms with Gasteiger partial charge in [-0.1, -0.05) is 25.1 Å². The molecule has 2 heterocycles. The first-order chi connectivity index (χ1) is 11.3.